The Morgan fingerprint density at radius 1 is 1.31 bits per heavy atom. The number of carbonyl (C=O) groups is 1. The summed E-state index contributed by atoms with van der Waals surface area (Å²) in [7, 11) is 0. The van der Waals surface area contributed by atoms with Crippen LogP contribution in [0.2, 0.25) is 0 Å². The first-order valence-electron chi connectivity index (χ1n) is 5.03. The topological polar surface area (TPSA) is 29.5 Å². The molecule has 0 aromatic carbocycles. The van der Waals surface area contributed by atoms with Crippen molar-refractivity contribution in [3.63, 3.8) is 0 Å². The first kappa shape index (κ1) is 12.4. The molecule has 0 rings (SSSR count). The Bertz CT molecular complexity index is 142. The van der Waals surface area contributed by atoms with Gasteiger partial charge in [0.1, 0.15) is 0 Å². The predicted octanol–water partition coefficient (Wildman–Crippen LogP) is 2.02. The van der Waals surface area contributed by atoms with E-state index >= 15 is 0 Å². The molecule has 0 aliphatic carbocycles. The number of hydrogen-bond acceptors (Lipinski definition) is 3. The highest BCUT2D eigenvalue weighted by Crippen LogP contribution is 2.03. The molecule has 0 amide bonds. The van der Waals surface area contributed by atoms with Gasteiger partial charge in [0.25, 0.3) is 0 Å². The Kier molecular flexibility index (Phi) is 6.59. The highest BCUT2D eigenvalue weighted by molar-refractivity contribution is 5.66. The fraction of sp³-hybridized carbons (Fsp3) is 0.900. The fourth-order valence-electron chi connectivity index (χ4n) is 1.36. The van der Waals surface area contributed by atoms with Gasteiger partial charge in [-0.1, -0.05) is 13.8 Å². The number of nitrogens with zero attached hydrogens (tertiary/aromatic N) is 1. The van der Waals surface area contributed by atoms with E-state index in [1.807, 2.05) is 6.92 Å². The van der Waals surface area contributed by atoms with Gasteiger partial charge in [0, 0.05) is 20.0 Å². The van der Waals surface area contributed by atoms with Gasteiger partial charge in [0.2, 0.25) is 0 Å². The Labute approximate surface area is 81.1 Å². The van der Waals surface area contributed by atoms with E-state index in [0.29, 0.717) is 0 Å². The van der Waals surface area contributed by atoms with Gasteiger partial charge in [-0.05, 0) is 19.8 Å². The van der Waals surface area contributed by atoms with Crippen molar-refractivity contribution in [2.24, 2.45) is 0 Å². The Morgan fingerprint density at radius 3 is 2.08 bits per heavy atom. The van der Waals surface area contributed by atoms with Gasteiger partial charge in [-0.3, -0.25) is 9.69 Å². The predicted molar refractivity (Wildman–Crippen MR) is 53.4 cm³/mol. The first-order valence-corrected chi connectivity index (χ1v) is 5.03. The van der Waals surface area contributed by atoms with Crippen molar-refractivity contribution in [2.45, 2.75) is 46.8 Å². The molecule has 0 fully saturated rings. The molecule has 0 aliphatic heterocycles. The summed E-state index contributed by atoms with van der Waals surface area (Å²) in [6.45, 7) is 9.61. The molecule has 0 spiro atoms. The van der Waals surface area contributed by atoms with Gasteiger partial charge < -0.3 is 4.74 Å². The third-order valence-electron chi connectivity index (χ3n) is 1.87. The molecule has 3 nitrogen and oxygen atoms in total. The molecule has 13 heavy (non-hydrogen) atoms. The van der Waals surface area contributed by atoms with Gasteiger partial charge in [-0.2, -0.15) is 0 Å². The molecule has 0 radical (unpaired) electrons. The number of hydrogen-bond donors (Lipinski definition) is 0. The summed E-state index contributed by atoms with van der Waals surface area (Å²) in [4.78, 5) is 12.9. The van der Waals surface area contributed by atoms with E-state index in [2.05, 4.69) is 18.7 Å². The normalized spacial score (nSPS) is 13.0. The van der Waals surface area contributed by atoms with Crippen molar-refractivity contribution in [1.29, 1.82) is 0 Å². The maximum atomic E-state index is 10.7. The van der Waals surface area contributed by atoms with Gasteiger partial charge in [0.15, 0.2) is 6.23 Å². The van der Waals surface area contributed by atoms with Gasteiger partial charge in [-0.25, -0.2) is 0 Å². The summed E-state index contributed by atoms with van der Waals surface area (Å²) in [6, 6.07) is 0. The quantitative estimate of drug-likeness (QED) is 0.470. The molecule has 1 atom stereocenters. The van der Waals surface area contributed by atoms with E-state index in [1.165, 1.54) is 6.92 Å². The van der Waals surface area contributed by atoms with Crippen molar-refractivity contribution >= 4 is 5.97 Å². The Morgan fingerprint density at radius 2 is 1.77 bits per heavy atom. The molecule has 0 aromatic heterocycles. The molecule has 0 aliphatic rings. The third kappa shape index (κ3) is 5.64. The lowest BCUT2D eigenvalue weighted by Gasteiger charge is -2.27. The largest absolute Gasteiger partial charge is 0.447 e. The summed E-state index contributed by atoms with van der Waals surface area (Å²) in [5.74, 6) is -0.204. The van der Waals surface area contributed by atoms with Crippen LogP contribution in [-0.4, -0.2) is 30.2 Å². The van der Waals surface area contributed by atoms with Crippen LogP contribution in [0, 0.1) is 0 Å². The lowest BCUT2D eigenvalue weighted by atomic mass is 10.3. The average Bonchev–Trinajstić information content (AvgIpc) is 2.02. The van der Waals surface area contributed by atoms with Crippen LogP contribution >= 0.6 is 0 Å². The van der Waals surface area contributed by atoms with Crippen LogP contribution < -0.4 is 0 Å². The smallest absolute Gasteiger partial charge is 0.304 e. The summed E-state index contributed by atoms with van der Waals surface area (Å²) >= 11 is 0. The van der Waals surface area contributed by atoms with Gasteiger partial charge in [-0.15, -0.1) is 0 Å². The molecular formula is C10H21NO2. The van der Waals surface area contributed by atoms with Crippen LogP contribution in [0.25, 0.3) is 0 Å². The molecule has 3 heteroatoms. The summed E-state index contributed by atoms with van der Waals surface area (Å²) in [5, 5.41) is 0. The Hall–Kier alpha value is -0.570. The number of esters is 1. The lowest BCUT2D eigenvalue weighted by Crippen LogP contribution is -2.37. The molecular weight excluding hydrogens is 166 g/mol. The fourth-order valence-corrected chi connectivity index (χ4v) is 1.36. The molecule has 0 saturated heterocycles. The van der Waals surface area contributed by atoms with Crippen LogP contribution in [0.4, 0.5) is 0 Å². The average molecular weight is 187 g/mol. The molecule has 0 bridgehead atoms. The van der Waals surface area contributed by atoms with Crippen LogP contribution in [0.15, 0.2) is 0 Å². The maximum Gasteiger partial charge on any atom is 0.304 e. The highest BCUT2D eigenvalue weighted by atomic mass is 16.6. The van der Waals surface area contributed by atoms with Crippen molar-refractivity contribution in [3.05, 3.63) is 0 Å². The van der Waals surface area contributed by atoms with Crippen molar-refractivity contribution < 1.29 is 9.53 Å². The first-order chi connectivity index (χ1) is 6.11. The summed E-state index contributed by atoms with van der Waals surface area (Å²) in [6.07, 6.45) is 2.09. The van der Waals surface area contributed by atoms with Crippen molar-refractivity contribution in [2.75, 3.05) is 13.1 Å². The Balaban J connectivity index is 3.93. The number of ether oxygens (including phenoxy) is 1. The van der Waals surface area contributed by atoms with Crippen LogP contribution in [-0.2, 0) is 9.53 Å². The SMILES string of the molecule is CCCN(CCC)C(C)OC(C)=O. The van der Waals surface area contributed by atoms with Gasteiger partial charge >= 0.3 is 5.97 Å². The number of rotatable bonds is 6. The minimum Gasteiger partial charge on any atom is -0.447 e. The van der Waals surface area contributed by atoms with Crippen LogP contribution in [0.1, 0.15) is 40.5 Å². The van der Waals surface area contributed by atoms with E-state index in [9.17, 15) is 4.79 Å². The minimum absolute atomic E-state index is 0.0857. The third-order valence-corrected chi connectivity index (χ3v) is 1.87. The summed E-state index contributed by atoms with van der Waals surface area (Å²) in [5.41, 5.74) is 0. The molecule has 1 unspecified atom stereocenters. The van der Waals surface area contributed by atoms with Crippen LogP contribution in [0.5, 0.6) is 0 Å². The maximum absolute atomic E-state index is 10.7. The standard InChI is InChI=1S/C10H21NO2/c1-5-7-11(8-6-2)9(3)13-10(4)12/h9H,5-8H2,1-4H3. The zero-order chi connectivity index (χ0) is 10.3. The molecule has 0 aromatic rings. The van der Waals surface area contributed by atoms with E-state index in [0.717, 1.165) is 25.9 Å². The zero-order valence-corrected chi connectivity index (χ0v) is 9.17. The minimum atomic E-state index is -0.204. The molecule has 0 heterocycles. The van der Waals surface area contributed by atoms with Crippen molar-refractivity contribution in [1.82, 2.24) is 4.90 Å². The number of carbonyl (C=O) groups excluding carboxylic acids is 1. The monoisotopic (exact) mass is 187 g/mol. The van der Waals surface area contributed by atoms with E-state index in [1.54, 1.807) is 0 Å². The van der Waals surface area contributed by atoms with Crippen molar-refractivity contribution in [3.8, 4) is 0 Å². The van der Waals surface area contributed by atoms with Crippen LogP contribution in [0.3, 0.4) is 0 Å². The summed E-state index contributed by atoms with van der Waals surface area (Å²) < 4.78 is 5.10. The molecule has 78 valence electrons. The second-order valence-electron chi connectivity index (χ2n) is 3.24. The van der Waals surface area contributed by atoms with Gasteiger partial charge in [0.05, 0.1) is 0 Å². The molecule has 0 N–H and O–H groups in total. The zero-order valence-electron chi connectivity index (χ0n) is 9.17. The second kappa shape index (κ2) is 6.89. The molecule has 0 saturated carbocycles. The second-order valence-corrected chi connectivity index (χ2v) is 3.24. The van der Waals surface area contributed by atoms with E-state index < -0.39 is 0 Å². The highest BCUT2D eigenvalue weighted by Gasteiger charge is 2.13. The lowest BCUT2D eigenvalue weighted by molar-refractivity contribution is -0.154. The van der Waals surface area contributed by atoms with E-state index in [-0.39, 0.29) is 12.2 Å². The van der Waals surface area contributed by atoms with E-state index in [4.69, 9.17) is 4.74 Å².